The smallest absolute Gasteiger partial charge is 0.304 e. The second kappa shape index (κ2) is 7.29. The van der Waals surface area contributed by atoms with Gasteiger partial charge >= 0.3 is 6.03 Å². The molecule has 26 heavy (non-hydrogen) atoms. The third-order valence-corrected chi connectivity index (χ3v) is 5.21. The topological polar surface area (TPSA) is 74.8 Å². The molecule has 136 valence electrons. The van der Waals surface area contributed by atoms with Crippen molar-refractivity contribution in [2.45, 2.75) is 12.6 Å². The summed E-state index contributed by atoms with van der Waals surface area (Å²) in [4.78, 5) is 28.3. The Morgan fingerprint density at radius 2 is 1.50 bits per heavy atom. The van der Waals surface area contributed by atoms with Crippen LogP contribution >= 0.6 is 0 Å². The zero-order chi connectivity index (χ0) is 18.7. The van der Waals surface area contributed by atoms with Crippen LogP contribution in [0, 0.1) is 0 Å². The molecule has 6 nitrogen and oxygen atoms in total. The van der Waals surface area contributed by atoms with E-state index in [1.165, 1.54) is 4.90 Å². The highest BCUT2D eigenvalue weighted by Gasteiger charge is 2.45. The van der Waals surface area contributed by atoms with Crippen LogP contribution < -0.4 is 0 Å². The largest absolute Gasteiger partial charge is 0.328 e. The van der Waals surface area contributed by atoms with Gasteiger partial charge in [-0.3, -0.25) is 9.69 Å². The van der Waals surface area contributed by atoms with Crippen molar-refractivity contribution >= 4 is 21.8 Å². The number of rotatable bonds is 6. The highest BCUT2D eigenvalue weighted by atomic mass is 32.2. The monoisotopic (exact) mass is 372 g/mol. The number of carbonyl (C=O) groups is 2. The number of hydrogen-bond donors (Lipinski definition) is 0. The average molecular weight is 372 g/mol. The molecule has 0 aromatic heterocycles. The molecule has 7 heteroatoms. The van der Waals surface area contributed by atoms with Gasteiger partial charge in [-0.05, 0) is 11.1 Å². The molecule has 2 aromatic carbocycles. The Morgan fingerprint density at radius 3 is 2.08 bits per heavy atom. The van der Waals surface area contributed by atoms with Crippen molar-refractivity contribution in [1.82, 2.24) is 9.80 Å². The standard InChI is InChI=1S/C19H20N2O4S/c1-26(24,25)13-12-20-18(22)17(16-10-6-3-7-11-16)21(19(20)23)14-15-8-4-2-5-9-15/h2-11,17H,12-14H2,1H3. The van der Waals surface area contributed by atoms with Gasteiger partial charge < -0.3 is 4.90 Å². The summed E-state index contributed by atoms with van der Waals surface area (Å²) in [6, 6.07) is 17.3. The minimum absolute atomic E-state index is 0.134. The van der Waals surface area contributed by atoms with Crippen LogP contribution in [0.15, 0.2) is 60.7 Å². The van der Waals surface area contributed by atoms with Gasteiger partial charge in [0.1, 0.15) is 15.9 Å². The molecule has 3 rings (SSSR count). The Morgan fingerprint density at radius 1 is 0.923 bits per heavy atom. The molecule has 1 heterocycles. The zero-order valence-electron chi connectivity index (χ0n) is 14.4. The molecule has 1 unspecified atom stereocenters. The molecule has 2 aromatic rings. The predicted molar refractivity (Wildman–Crippen MR) is 98.0 cm³/mol. The van der Waals surface area contributed by atoms with Crippen LogP contribution in [0.3, 0.4) is 0 Å². The van der Waals surface area contributed by atoms with Crippen LogP contribution in [0.4, 0.5) is 4.79 Å². The van der Waals surface area contributed by atoms with Crippen LogP contribution in [0.5, 0.6) is 0 Å². The van der Waals surface area contributed by atoms with Gasteiger partial charge in [-0.15, -0.1) is 0 Å². The molecule has 3 amide bonds. The number of hydrogen-bond acceptors (Lipinski definition) is 4. The Hall–Kier alpha value is -2.67. The first kappa shape index (κ1) is 18.1. The van der Waals surface area contributed by atoms with Gasteiger partial charge in [-0.25, -0.2) is 13.2 Å². The Bertz CT molecular complexity index is 898. The normalized spacial score (nSPS) is 17.8. The van der Waals surface area contributed by atoms with Gasteiger partial charge in [-0.2, -0.15) is 0 Å². The van der Waals surface area contributed by atoms with E-state index in [2.05, 4.69) is 0 Å². The second-order valence-electron chi connectivity index (χ2n) is 6.33. The number of benzene rings is 2. The van der Waals surface area contributed by atoms with E-state index in [9.17, 15) is 18.0 Å². The lowest BCUT2D eigenvalue weighted by Crippen LogP contribution is -2.36. The summed E-state index contributed by atoms with van der Waals surface area (Å²) < 4.78 is 22.9. The molecule has 0 spiro atoms. The van der Waals surface area contributed by atoms with E-state index >= 15 is 0 Å². The zero-order valence-corrected chi connectivity index (χ0v) is 15.2. The van der Waals surface area contributed by atoms with E-state index < -0.39 is 21.9 Å². The van der Waals surface area contributed by atoms with Gasteiger partial charge in [0, 0.05) is 19.3 Å². The summed E-state index contributed by atoms with van der Waals surface area (Å²) in [7, 11) is -3.28. The fourth-order valence-electron chi connectivity index (χ4n) is 3.00. The SMILES string of the molecule is CS(=O)(=O)CCN1C(=O)C(c2ccccc2)N(Cc2ccccc2)C1=O. The second-order valence-corrected chi connectivity index (χ2v) is 8.59. The summed E-state index contributed by atoms with van der Waals surface area (Å²) in [5.41, 5.74) is 1.61. The van der Waals surface area contributed by atoms with E-state index in [1.807, 2.05) is 48.5 Å². The number of imide groups is 1. The Kier molecular flexibility index (Phi) is 5.08. The summed E-state index contributed by atoms with van der Waals surface area (Å²) in [6.45, 7) is 0.144. The van der Waals surface area contributed by atoms with Gasteiger partial charge in [0.2, 0.25) is 0 Å². The molecule has 1 aliphatic heterocycles. The van der Waals surface area contributed by atoms with Crippen molar-refractivity contribution in [1.29, 1.82) is 0 Å². The Balaban J connectivity index is 1.92. The fraction of sp³-hybridized carbons (Fsp3) is 0.263. The number of sulfone groups is 1. The van der Waals surface area contributed by atoms with Crippen LogP contribution in [0.2, 0.25) is 0 Å². The minimum Gasteiger partial charge on any atom is -0.304 e. The summed E-state index contributed by atoms with van der Waals surface area (Å²) in [6.07, 6.45) is 1.09. The number of amides is 3. The van der Waals surface area contributed by atoms with Crippen molar-refractivity contribution in [2.24, 2.45) is 0 Å². The lowest BCUT2D eigenvalue weighted by Gasteiger charge is -2.22. The first-order chi connectivity index (χ1) is 12.4. The number of carbonyl (C=O) groups excluding carboxylic acids is 2. The first-order valence-corrected chi connectivity index (χ1v) is 10.3. The minimum atomic E-state index is -3.28. The predicted octanol–water partition coefficient (Wildman–Crippen LogP) is 2.24. The van der Waals surface area contributed by atoms with Crippen molar-refractivity contribution in [3.63, 3.8) is 0 Å². The molecule has 0 bridgehead atoms. The summed E-state index contributed by atoms with van der Waals surface area (Å²) in [5, 5.41) is 0. The molecule has 0 saturated carbocycles. The van der Waals surface area contributed by atoms with Crippen molar-refractivity contribution in [3.8, 4) is 0 Å². The molecular weight excluding hydrogens is 352 g/mol. The molecule has 0 N–H and O–H groups in total. The van der Waals surface area contributed by atoms with Crippen molar-refractivity contribution in [2.75, 3.05) is 18.6 Å². The summed E-state index contributed by atoms with van der Waals surface area (Å²) in [5.74, 6) is -0.633. The third kappa shape index (κ3) is 3.94. The van der Waals surface area contributed by atoms with Crippen LogP contribution in [0.25, 0.3) is 0 Å². The van der Waals surface area contributed by atoms with Gasteiger partial charge in [-0.1, -0.05) is 60.7 Å². The van der Waals surface area contributed by atoms with E-state index in [4.69, 9.17) is 0 Å². The molecule has 1 fully saturated rings. The quantitative estimate of drug-likeness (QED) is 0.729. The maximum Gasteiger partial charge on any atom is 0.328 e. The van der Waals surface area contributed by atoms with Crippen LogP contribution in [-0.4, -0.2) is 48.7 Å². The van der Waals surface area contributed by atoms with E-state index in [-0.39, 0.29) is 24.7 Å². The first-order valence-electron chi connectivity index (χ1n) is 8.25. The van der Waals surface area contributed by atoms with Gasteiger partial charge in [0.15, 0.2) is 0 Å². The van der Waals surface area contributed by atoms with Crippen LogP contribution in [-0.2, 0) is 21.2 Å². The molecule has 1 aliphatic rings. The lowest BCUT2D eigenvalue weighted by atomic mass is 10.1. The Labute approximate surface area is 153 Å². The molecule has 1 saturated heterocycles. The van der Waals surface area contributed by atoms with Crippen molar-refractivity contribution < 1.29 is 18.0 Å². The molecular formula is C19H20N2O4S. The lowest BCUT2D eigenvalue weighted by molar-refractivity contribution is -0.128. The number of urea groups is 1. The average Bonchev–Trinajstić information content (AvgIpc) is 2.84. The fourth-order valence-corrected chi connectivity index (χ4v) is 3.51. The molecule has 0 radical (unpaired) electrons. The summed E-state index contributed by atoms with van der Waals surface area (Å²) >= 11 is 0. The highest BCUT2D eigenvalue weighted by molar-refractivity contribution is 7.90. The maximum absolute atomic E-state index is 12.9. The van der Waals surface area contributed by atoms with Gasteiger partial charge in [0.25, 0.3) is 5.91 Å². The molecule has 1 atom stereocenters. The number of nitrogens with zero attached hydrogens (tertiary/aromatic N) is 2. The molecule has 0 aliphatic carbocycles. The van der Waals surface area contributed by atoms with Crippen molar-refractivity contribution in [3.05, 3.63) is 71.8 Å². The highest BCUT2D eigenvalue weighted by Crippen LogP contribution is 2.32. The third-order valence-electron chi connectivity index (χ3n) is 4.28. The van der Waals surface area contributed by atoms with E-state index in [1.54, 1.807) is 12.1 Å². The van der Waals surface area contributed by atoms with Gasteiger partial charge in [0.05, 0.1) is 5.75 Å². The van der Waals surface area contributed by atoms with Crippen LogP contribution in [0.1, 0.15) is 17.2 Å². The maximum atomic E-state index is 12.9. The van der Waals surface area contributed by atoms with E-state index in [0.717, 1.165) is 16.7 Å². The van der Waals surface area contributed by atoms with E-state index in [0.29, 0.717) is 5.56 Å².